The minimum absolute atomic E-state index is 0.157. The van der Waals surface area contributed by atoms with Crippen LogP contribution in [-0.2, 0) is 4.79 Å². The van der Waals surface area contributed by atoms with E-state index < -0.39 is 6.04 Å². The van der Waals surface area contributed by atoms with Crippen molar-refractivity contribution >= 4 is 39.9 Å². The van der Waals surface area contributed by atoms with Crippen LogP contribution in [0.3, 0.4) is 0 Å². The van der Waals surface area contributed by atoms with Crippen molar-refractivity contribution in [3.8, 4) is 0 Å². The number of nitrogens with zero attached hydrogens (tertiary/aromatic N) is 3. The van der Waals surface area contributed by atoms with Crippen molar-refractivity contribution < 1.29 is 4.79 Å². The second-order valence-corrected chi connectivity index (χ2v) is 12.3. The van der Waals surface area contributed by atoms with Gasteiger partial charge in [0.05, 0.1) is 21.8 Å². The van der Waals surface area contributed by atoms with Gasteiger partial charge < -0.3 is 9.88 Å². The van der Waals surface area contributed by atoms with Gasteiger partial charge in [-0.05, 0) is 62.1 Å². The predicted molar refractivity (Wildman–Crippen MR) is 172 cm³/mol. The molecule has 0 saturated heterocycles. The maximum Gasteiger partial charge on any atom is 0.271 e. The zero-order valence-corrected chi connectivity index (χ0v) is 25.3. The Labute approximate surface area is 249 Å². The van der Waals surface area contributed by atoms with Crippen molar-refractivity contribution in [1.29, 1.82) is 0 Å². The van der Waals surface area contributed by atoms with Crippen LogP contribution in [-0.4, -0.2) is 15.0 Å². The summed E-state index contributed by atoms with van der Waals surface area (Å²) < 4.78 is 4.50. The smallest absolute Gasteiger partial charge is 0.271 e. The first kappa shape index (κ1) is 27.7. The number of rotatable bonds is 6. The van der Waals surface area contributed by atoms with Gasteiger partial charge in [-0.15, -0.1) is 0 Å². The highest BCUT2D eigenvalue weighted by molar-refractivity contribution is 7.07. The minimum Gasteiger partial charge on any atom is -0.344 e. The molecule has 3 aromatic carbocycles. The zero-order valence-electron chi connectivity index (χ0n) is 24.5. The van der Waals surface area contributed by atoms with E-state index in [4.69, 9.17) is 4.99 Å². The van der Waals surface area contributed by atoms with E-state index in [2.05, 4.69) is 68.0 Å². The molecule has 2 aromatic heterocycles. The Morgan fingerprint density at radius 3 is 2.33 bits per heavy atom. The molecule has 1 amide bonds. The van der Waals surface area contributed by atoms with Crippen LogP contribution in [0, 0.1) is 0 Å². The second kappa shape index (κ2) is 11.1. The molecule has 0 saturated carbocycles. The van der Waals surface area contributed by atoms with Crippen LogP contribution in [0.25, 0.3) is 17.0 Å². The number of amides is 1. The average Bonchev–Trinajstić information content (AvgIpc) is 3.50. The standard InChI is InChI=1S/C35H34N4O2S/c1-21(2)24-15-17-25(18-16-24)32-31(33(40)37-27-11-7-6-8-12-27)23(5)36-35-39(32)34(41)30(42-35)19-26-20-38(22(3)4)29-14-10-9-13-28(26)29/h6-22,32H,1-5H3,(H,37,40)/b30-19+. The first-order valence-corrected chi connectivity index (χ1v) is 15.1. The molecule has 1 N–H and O–H groups in total. The Morgan fingerprint density at radius 1 is 0.952 bits per heavy atom. The van der Waals surface area contributed by atoms with Gasteiger partial charge in [0.2, 0.25) is 0 Å². The summed E-state index contributed by atoms with van der Waals surface area (Å²) in [5.41, 5.74) is 5.79. The topological polar surface area (TPSA) is 68.4 Å². The van der Waals surface area contributed by atoms with Crippen LogP contribution in [0.15, 0.2) is 106 Å². The molecule has 0 aliphatic carbocycles. The number of nitrogens with one attached hydrogen (secondary N) is 1. The number of carbonyl (C=O) groups is 1. The molecule has 0 spiro atoms. The monoisotopic (exact) mass is 574 g/mol. The van der Waals surface area contributed by atoms with Crippen LogP contribution in [0.1, 0.15) is 69.3 Å². The van der Waals surface area contributed by atoms with Gasteiger partial charge in [-0.3, -0.25) is 14.2 Å². The Hall–Kier alpha value is -4.49. The number of anilines is 1. The molecular weight excluding hydrogens is 540 g/mol. The molecular formula is C35H34N4O2S. The first-order chi connectivity index (χ1) is 20.2. The van der Waals surface area contributed by atoms with E-state index in [1.807, 2.05) is 67.6 Å². The summed E-state index contributed by atoms with van der Waals surface area (Å²) in [7, 11) is 0. The minimum atomic E-state index is -0.606. The maximum atomic E-state index is 14.2. The van der Waals surface area contributed by atoms with E-state index >= 15 is 0 Å². The highest BCUT2D eigenvalue weighted by atomic mass is 32.1. The SMILES string of the molecule is CC1=C(C(=O)Nc2ccccc2)C(c2ccc(C(C)C)cc2)n2c(s/c(=C/c3cn(C(C)C)c4ccccc34)c2=O)=N1. The third-order valence-corrected chi connectivity index (χ3v) is 8.81. The summed E-state index contributed by atoms with van der Waals surface area (Å²) in [5.74, 6) is 0.0989. The number of carbonyl (C=O) groups excluding carboxylic acids is 1. The van der Waals surface area contributed by atoms with Gasteiger partial charge in [0.25, 0.3) is 11.5 Å². The lowest BCUT2D eigenvalue weighted by Gasteiger charge is -2.25. The van der Waals surface area contributed by atoms with Crippen molar-refractivity contribution in [2.24, 2.45) is 4.99 Å². The van der Waals surface area contributed by atoms with E-state index in [0.717, 1.165) is 22.0 Å². The molecule has 1 atom stereocenters. The van der Waals surface area contributed by atoms with Crippen LogP contribution >= 0.6 is 11.3 Å². The van der Waals surface area contributed by atoms with E-state index in [0.29, 0.717) is 32.2 Å². The molecule has 6 nitrogen and oxygen atoms in total. The number of benzene rings is 3. The lowest BCUT2D eigenvalue weighted by molar-refractivity contribution is -0.113. The summed E-state index contributed by atoms with van der Waals surface area (Å²) >= 11 is 1.36. The summed E-state index contributed by atoms with van der Waals surface area (Å²) in [5, 5.41) is 4.12. The summed E-state index contributed by atoms with van der Waals surface area (Å²) in [6.45, 7) is 10.5. The van der Waals surface area contributed by atoms with Gasteiger partial charge in [-0.25, -0.2) is 4.99 Å². The van der Waals surface area contributed by atoms with Gasteiger partial charge in [-0.1, -0.05) is 85.8 Å². The lowest BCUT2D eigenvalue weighted by Crippen LogP contribution is -2.40. The molecule has 0 radical (unpaired) electrons. The number of hydrogen-bond acceptors (Lipinski definition) is 4. The average molecular weight is 575 g/mol. The number of fused-ring (bicyclic) bond motifs is 2. The normalized spacial score (nSPS) is 15.4. The molecule has 212 valence electrons. The van der Waals surface area contributed by atoms with E-state index in [9.17, 15) is 9.59 Å². The van der Waals surface area contributed by atoms with Crippen LogP contribution < -0.4 is 20.2 Å². The second-order valence-electron chi connectivity index (χ2n) is 11.3. The number of para-hydroxylation sites is 2. The van der Waals surface area contributed by atoms with Crippen LogP contribution in [0.4, 0.5) is 5.69 Å². The summed E-state index contributed by atoms with van der Waals surface area (Å²) in [4.78, 5) is 33.4. The van der Waals surface area contributed by atoms with Gasteiger partial charge in [0, 0.05) is 34.4 Å². The maximum absolute atomic E-state index is 14.2. The molecule has 42 heavy (non-hydrogen) atoms. The van der Waals surface area contributed by atoms with Crippen molar-refractivity contribution in [2.45, 2.75) is 52.6 Å². The van der Waals surface area contributed by atoms with Crippen LogP contribution in [0.5, 0.6) is 0 Å². The molecule has 6 rings (SSSR count). The van der Waals surface area contributed by atoms with Gasteiger partial charge in [-0.2, -0.15) is 0 Å². The Bertz CT molecular complexity index is 2010. The third kappa shape index (κ3) is 4.94. The molecule has 1 aliphatic heterocycles. The van der Waals surface area contributed by atoms with Gasteiger partial charge >= 0.3 is 0 Å². The van der Waals surface area contributed by atoms with Crippen LogP contribution in [0.2, 0.25) is 0 Å². The third-order valence-electron chi connectivity index (χ3n) is 7.83. The zero-order chi connectivity index (χ0) is 29.5. The molecule has 0 fully saturated rings. The molecule has 7 heteroatoms. The quantitative estimate of drug-likeness (QED) is 0.250. The van der Waals surface area contributed by atoms with Crippen molar-refractivity contribution in [2.75, 3.05) is 5.32 Å². The predicted octanol–water partition coefficient (Wildman–Crippen LogP) is 6.53. The Morgan fingerprint density at radius 2 is 1.64 bits per heavy atom. The Kier molecular flexibility index (Phi) is 7.29. The lowest BCUT2D eigenvalue weighted by atomic mass is 9.93. The first-order valence-electron chi connectivity index (χ1n) is 14.3. The molecule has 3 heterocycles. The number of thiazole rings is 1. The molecule has 0 bridgehead atoms. The number of hydrogen-bond donors (Lipinski definition) is 1. The fourth-order valence-electron chi connectivity index (χ4n) is 5.63. The molecule has 1 unspecified atom stereocenters. The molecule has 5 aromatic rings. The van der Waals surface area contributed by atoms with Crippen molar-refractivity contribution in [3.05, 3.63) is 133 Å². The van der Waals surface area contributed by atoms with E-state index in [-0.39, 0.29) is 17.5 Å². The van der Waals surface area contributed by atoms with Gasteiger partial charge in [0.1, 0.15) is 0 Å². The van der Waals surface area contributed by atoms with E-state index in [1.54, 1.807) is 4.57 Å². The van der Waals surface area contributed by atoms with E-state index in [1.165, 1.54) is 16.9 Å². The summed E-state index contributed by atoms with van der Waals surface area (Å²) in [6.07, 6.45) is 4.08. The number of aromatic nitrogens is 2. The highest BCUT2D eigenvalue weighted by Gasteiger charge is 2.32. The van der Waals surface area contributed by atoms with Crippen molar-refractivity contribution in [3.63, 3.8) is 0 Å². The fourth-order valence-corrected chi connectivity index (χ4v) is 6.66. The van der Waals surface area contributed by atoms with Crippen molar-refractivity contribution in [1.82, 2.24) is 9.13 Å². The number of allylic oxidation sites excluding steroid dienone is 1. The fraction of sp³-hybridized carbons (Fsp3) is 0.229. The Balaban J connectivity index is 1.53. The molecule has 1 aliphatic rings. The summed E-state index contributed by atoms with van der Waals surface area (Å²) in [6, 6.07) is 25.5. The van der Waals surface area contributed by atoms with Gasteiger partial charge in [0.15, 0.2) is 4.80 Å². The largest absolute Gasteiger partial charge is 0.344 e. The highest BCUT2D eigenvalue weighted by Crippen LogP contribution is 2.32.